The number of rotatable bonds is 4. The van der Waals surface area contributed by atoms with Gasteiger partial charge in [0.1, 0.15) is 17.2 Å². The van der Waals surface area contributed by atoms with Crippen molar-refractivity contribution in [2.75, 3.05) is 19.7 Å². The monoisotopic (exact) mass is 482 g/mol. The summed E-state index contributed by atoms with van der Waals surface area (Å²) in [5.74, 6) is 1.06. The summed E-state index contributed by atoms with van der Waals surface area (Å²) in [7, 11) is 0. The largest absolute Gasteiger partial charge is 0.493 e. The molecule has 0 spiro atoms. The van der Waals surface area contributed by atoms with Gasteiger partial charge in [-0.15, -0.1) is 0 Å². The van der Waals surface area contributed by atoms with Crippen LogP contribution in [-0.2, 0) is 17.8 Å². The predicted octanol–water partition coefficient (Wildman–Crippen LogP) is 2.93. The number of aliphatic hydroxyl groups is 1. The maximum Gasteiger partial charge on any atom is 0.262 e. The molecule has 0 radical (unpaired) electrons. The number of carbonyl (C=O) groups excluding carboxylic acids is 1. The number of likely N-dealkylation sites (tertiary alicyclic amines) is 1. The van der Waals surface area contributed by atoms with E-state index >= 15 is 0 Å². The van der Waals surface area contributed by atoms with Crippen molar-refractivity contribution in [1.82, 2.24) is 19.0 Å². The molecule has 8 nitrogen and oxygen atoms in total. The molecule has 0 atom stereocenters. The van der Waals surface area contributed by atoms with Gasteiger partial charge in [0.25, 0.3) is 5.56 Å². The standard InChI is InChI=1S/C25H27ClN4O4/c1-24(5-6-24)23(32)28-9-7-25(33,8-10-28)14-29-15-27-21-18(22(29)31)13-20(26)30(21)17-2-3-19-16(12-17)4-11-34-19/h2-3,12-13,15,33H,4-11,14H2,1H3. The fourth-order valence-corrected chi connectivity index (χ4v) is 5.43. The average molecular weight is 483 g/mol. The number of ether oxygens (including phenoxy) is 1. The minimum absolute atomic E-state index is 0.132. The number of benzene rings is 1. The third-order valence-corrected chi connectivity index (χ3v) is 7.91. The van der Waals surface area contributed by atoms with Gasteiger partial charge in [-0.25, -0.2) is 4.98 Å². The van der Waals surface area contributed by atoms with E-state index in [9.17, 15) is 14.7 Å². The lowest BCUT2D eigenvalue weighted by atomic mass is 9.90. The number of amides is 1. The molecule has 1 saturated carbocycles. The van der Waals surface area contributed by atoms with E-state index in [4.69, 9.17) is 16.3 Å². The second kappa shape index (κ2) is 7.58. The minimum Gasteiger partial charge on any atom is -0.493 e. The van der Waals surface area contributed by atoms with Gasteiger partial charge in [0.15, 0.2) is 5.65 Å². The van der Waals surface area contributed by atoms with Crippen molar-refractivity contribution >= 4 is 28.5 Å². The van der Waals surface area contributed by atoms with Crippen LogP contribution in [0.2, 0.25) is 5.15 Å². The molecule has 0 unspecified atom stereocenters. The highest BCUT2D eigenvalue weighted by Gasteiger charge is 2.48. The number of halogens is 1. The molecule has 1 saturated heterocycles. The number of hydrogen-bond donors (Lipinski definition) is 1. The lowest BCUT2D eigenvalue weighted by Gasteiger charge is -2.39. The Labute approximate surface area is 201 Å². The molecule has 3 aromatic rings. The van der Waals surface area contributed by atoms with E-state index in [1.807, 2.05) is 30.0 Å². The first-order valence-corrected chi connectivity index (χ1v) is 12.2. The molecular weight excluding hydrogens is 456 g/mol. The molecule has 9 heteroatoms. The van der Waals surface area contributed by atoms with E-state index < -0.39 is 5.60 Å². The van der Waals surface area contributed by atoms with Gasteiger partial charge in [-0.3, -0.25) is 18.7 Å². The van der Waals surface area contributed by atoms with Crippen LogP contribution in [0.3, 0.4) is 0 Å². The molecule has 2 fully saturated rings. The second-order valence-corrected chi connectivity index (χ2v) is 10.6. The Morgan fingerprint density at radius 2 is 1.97 bits per heavy atom. The van der Waals surface area contributed by atoms with Crippen molar-refractivity contribution in [2.24, 2.45) is 5.41 Å². The minimum atomic E-state index is -1.06. The van der Waals surface area contributed by atoms with Crippen LogP contribution in [0.5, 0.6) is 5.75 Å². The molecule has 0 bridgehead atoms. The van der Waals surface area contributed by atoms with Crippen molar-refractivity contribution in [3.05, 3.63) is 51.7 Å². The van der Waals surface area contributed by atoms with Crippen molar-refractivity contribution < 1.29 is 14.6 Å². The van der Waals surface area contributed by atoms with Gasteiger partial charge < -0.3 is 14.7 Å². The number of hydrogen-bond acceptors (Lipinski definition) is 5. The van der Waals surface area contributed by atoms with Gasteiger partial charge in [0.05, 0.1) is 24.1 Å². The van der Waals surface area contributed by atoms with Gasteiger partial charge in [-0.1, -0.05) is 18.5 Å². The highest BCUT2D eigenvalue weighted by Crippen LogP contribution is 2.47. The summed E-state index contributed by atoms with van der Waals surface area (Å²) >= 11 is 6.54. The molecule has 1 aliphatic carbocycles. The summed E-state index contributed by atoms with van der Waals surface area (Å²) in [6, 6.07) is 7.47. The fraction of sp³-hybridized carbons (Fsp3) is 0.480. The Bertz CT molecular complexity index is 1370. The van der Waals surface area contributed by atoms with E-state index in [1.165, 1.54) is 10.9 Å². The molecular formula is C25H27ClN4O4. The van der Waals surface area contributed by atoms with Crippen LogP contribution < -0.4 is 10.3 Å². The van der Waals surface area contributed by atoms with E-state index in [2.05, 4.69) is 4.98 Å². The highest BCUT2D eigenvalue weighted by atomic mass is 35.5. The summed E-state index contributed by atoms with van der Waals surface area (Å²) < 4.78 is 8.81. The topological polar surface area (TPSA) is 89.6 Å². The van der Waals surface area contributed by atoms with Crippen LogP contribution in [-0.4, -0.2) is 55.3 Å². The van der Waals surface area contributed by atoms with Gasteiger partial charge in [-0.2, -0.15) is 0 Å². The second-order valence-electron chi connectivity index (χ2n) is 10.2. The van der Waals surface area contributed by atoms with Crippen LogP contribution in [0.15, 0.2) is 35.4 Å². The van der Waals surface area contributed by atoms with Crippen molar-refractivity contribution in [2.45, 2.75) is 51.2 Å². The number of aromatic nitrogens is 3. The first-order chi connectivity index (χ1) is 16.3. The molecule has 1 aromatic carbocycles. The Balaban J connectivity index is 1.26. The van der Waals surface area contributed by atoms with E-state index in [0.717, 1.165) is 36.3 Å². The first-order valence-electron chi connectivity index (χ1n) is 11.8. The zero-order valence-electron chi connectivity index (χ0n) is 19.1. The number of piperidine rings is 1. The van der Waals surface area contributed by atoms with E-state index in [-0.39, 0.29) is 23.4 Å². The van der Waals surface area contributed by atoms with Crippen LogP contribution >= 0.6 is 11.6 Å². The lowest BCUT2D eigenvalue weighted by molar-refractivity contribution is -0.141. The molecule has 34 heavy (non-hydrogen) atoms. The quantitative estimate of drug-likeness (QED) is 0.617. The van der Waals surface area contributed by atoms with Crippen molar-refractivity contribution in [3.8, 4) is 11.4 Å². The molecule has 4 heterocycles. The van der Waals surface area contributed by atoms with Crippen molar-refractivity contribution in [1.29, 1.82) is 0 Å². The van der Waals surface area contributed by atoms with Crippen LogP contribution in [0, 0.1) is 5.41 Å². The average Bonchev–Trinajstić information content (AvgIpc) is 3.25. The molecule has 3 aliphatic rings. The number of carbonyl (C=O) groups is 1. The summed E-state index contributed by atoms with van der Waals surface area (Å²) in [6.07, 6.45) is 5.05. The Morgan fingerprint density at radius 3 is 2.71 bits per heavy atom. The summed E-state index contributed by atoms with van der Waals surface area (Å²) in [4.78, 5) is 32.3. The summed E-state index contributed by atoms with van der Waals surface area (Å²) in [5.41, 5.74) is 0.898. The Morgan fingerprint density at radius 1 is 1.21 bits per heavy atom. The third kappa shape index (κ3) is 3.51. The maximum atomic E-state index is 13.3. The van der Waals surface area contributed by atoms with E-state index in [1.54, 1.807) is 10.6 Å². The Hall–Kier alpha value is -2.84. The van der Waals surface area contributed by atoms with Gasteiger partial charge in [-0.05, 0) is 55.5 Å². The summed E-state index contributed by atoms with van der Waals surface area (Å²) in [6.45, 7) is 3.80. The molecule has 1 amide bonds. The van der Waals surface area contributed by atoms with Crippen LogP contribution in [0.4, 0.5) is 0 Å². The van der Waals surface area contributed by atoms with Crippen LogP contribution in [0.25, 0.3) is 16.7 Å². The molecule has 178 valence electrons. The number of nitrogens with zero attached hydrogens (tertiary/aromatic N) is 4. The maximum absolute atomic E-state index is 13.3. The lowest BCUT2D eigenvalue weighted by Crippen LogP contribution is -2.51. The van der Waals surface area contributed by atoms with Gasteiger partial charge in [0, 0.05) is 30.6 Å². The Kier molecular flexibility index (Phi) is 4.83. The van der Waals surface area contributed by atoms with E-state index in [0.29, 0.717) is 48.7 Å². The molecule has 2 aliphatic heterocycles. The SMILES string of the molecule is CC1(C(=O)N2CCC(O)(Cn3cnc4c(cc(Cl)n4-c4ccc5c(c4)CCO5)c3=O)CC2)CC1. The fourth-order valence-electron chi connectivity index (χ4n) is 5.14. The van der Waals surface area contributed by atoms with Crippen molar-refractivity contribution in [3.63, 3.8) is 0 Å². The highest BCUT2D eigenvalue weighted by molar-refractivity contribution is 6.31. The molecule has 1 N–H and O–H groups in total. The third-order valence-electron chi connectivity index (χ3n) is 7.63. The molecule has 6 rings (SSSR count). The first kappa shape index (κ1) is 21.7. The van der Waals surface area contributed by atoms with Gasteiger partial charge >= 0.3 is 0 Å². The zero-order valence-corrected chi connectivity index (χ0v) is 19.8. The van der Waals surface area contributed by atoms with Crippen LogP contribution in [0.1, 0.15) is 38.2 Å². The normalized spacial score (nSPS) is 20.3. The van der Waals surface area contributed by atoms with Gasteiger partial charge in [0.2, 0.25) is 5.91 Å². The zero-order chi connectivity index (χ0) is 23.7. The number of fused-ring (bicyclic) bond motifs is 2. The summed E-state index contributed by atoms with van der Waals surface area (Å²) in [5, 5.41) is 12.0. The smallest absolute Gasteiger partial charge is 0.262 e. The predicted molar refractivity (Wildman–Crippen MR) is 128 cm³/mol. The molecule has 2 aromatic heterocycles.